The Balaban J connectivity index is 2.09. The van der Waals surface area contributed by atoms with Gasteiger partial charge >= 0.3 is 5.97 Å². The zero-order chi connectivity index (χ0) is 10.4. The summed E-state index contributed by atoms with van der Waals surface area (Å²) in [6, 6.07) is 0. The molecule has 0 bridgehead atoms. The molecule has 0 aromatic carbocycles. The highest BCUT2D eigenvalue weighted by Gasteiger charge is 2.15. The van der Waals surface area contributed by atoms with Crippen LogP contribution in [0.3, 0.4) is 0 Å². The quantitative estimate of drug-likeness (QED) is 0.648. The molecule has 0 spiro atoms. The second kappa shape index (κ2) is 5.98. The summed E-state index contributed by atoms with van der Waals surface area (Å²) in [5, 5.41) is 0. The van der Waals surface area contributed by atoms with Crippen molar-refractivity contribution in [3.05, 3.63) is 0 Å². The molecule has 1 heterocycles. The van der Waals surface area contributed by atoms with E-state index in [-0.39, 0.29) is 18.4 Å². The molecule has 1 aliphatic rings. The Bertz CT molecular complexity index is 175. The number of hydrogen-bond acceptors (Lipinski definition) is 4. The van der Waals surface area contributed by atoms with Gasteiger partial charge in [-0.2, -0.15) is 0 Å². The summed E-state index contributed by atoms with van der Waals surface area (Å²) in [7, 11) is 0. The summed E-state index contributed by atoms with van der Waals surface area (Å²) in [4.78, 5) is 10.6. The molecule has 1 aliphatic heterocycles. The molecule has 1 fully saturated rings. The van der Waals surface area contributed by atoms with Crippen molar-refractivity contribution in [1.29, 1.82) is 0 Å². The van der Waals surface area contributed by atoms with E-state index in [1.165, 1.54) is 6.92 Å². The number of hydrogen-bond donors (Lipinski definition) is 0. The fourth-order valence-corrected chi connectivity index (χ4v) is 1.40. The monoisotopic (exact) mass is 202 g/mol. The van der Waals surface area contributed by atoms with E-state index in [0.717, 1.165) is 25.9 Å². The third-order valence-electron chi connectivity index (χ3n) is 2.02. The molecule has 0 saturated carbocycles. The molecule has 1 unspecified atom stereocenters. The van der Waals surface area contributed by atoms with E-state index in [0.29, 0.717) is 6.61 Å². The van der Waals surface area contributed by atoms with Crippen LogP contribution in [0.1, 0.15) is 33.1 Å². The molecule has 4 nitrogen and oxygen atoms in total. The minimum absolute atomic E-state index is 0.109. The van der Waals surface area contributed by atoms with Gasteiger partial charge in [0, 0.05) is 13.5 Å². The highest BCUT2D eigenvalue weighted by atomic mass is 16.7. The lowest BCUT2D eigenvalue weighted by Gasteiger charge is -2.24. The van der Waals surface area contributed by atoms with Gasteiger partial charge in [-0.25, -0.2) is 0 Å². The molecule has 82 valence electrons. The maximum atomic E-state index is 10.6. The average molecular weight is 202 g/mol. The Morgan fingerprint density at radius 1 is 1.57 bits per heavy atom. The summed E-state index contributed by atoms with van der Waals surface area (Å²) >= 11 is 0. The maximum absolute atomic E-state index is 10.6. The van der Waals surface area contributed by atoms with Crippen LogP contribution in [0.2, 0.25) is 0 Å². The Hall–Kier alpha value is -0.610. The van der Waals surface area contributed by atoms with Crippen LogP contribution >= 0.6 is 0 Å². The lowest BCUT2D eigenvalue weighted by molar-refractivity contribution is -0.182. The van der Waals surface area contributed by atoms with Gasteiger partial charge in [-0.15, -0.1) is 0 Å². The van der Waals surface area contributed by atoms with Crippen molar-refractivity contribution >= 4 is 5.97 Å². The summed E-state index contributed by atoms with van der Waals surface area (Å²) in [5.41, 5.74) is 0. The molecule has 14 heavy (non-hydrogen) atoms. The molecule has 0 aromatic rings. The van der Waals surface area contributed by atoms with Crippen molar-refractivity contribution in [1.82, 2.24) is 0 Å². The lowest BCUT2D eigenvalue weighted by Crippen LogP contribution is -2.27. The Labute approximate surface area is 84.5 Å². The summed E-state index contributed by atoms with van der Waals surface area (Å²) in [5.74, 6) is -0.273. The van der Waals surface area contributed by atoms with Crippen LogP contribution in [0.15, 0.2) is 0 Å². The maximum Gasteiger partial charge on any atom is 0.302 e. The van der Waals surface area contributed by atoms with Gasteiger partial charge < -0.3 is 14.2 Å². The van der Waals surface area contributed by atoms with E-state index in [4.69, 9.17) is 14.2 Å². The minimum atomic E-state index is -0.273. The first-order chi connectivity index (χ1) is 6.68. The molecule has 0 aliphatic carbocycles. The Kier molecular flexibility index (Phi) is 4.90. The van der Waals surface area contributed by atoms with Crippen LogP contribution in [0.25, 0.3) is 0 Å². The van der Waals surface area contributed by atoms with E-state index in [9.17, 15) is 4.79 Å². The molecular formula is C10H18O4. The van der Waals surface area contributed by atoms with Gasteiger partial charge in [0.1, 0.15) is 6.10 Å². The van der Waals surface area contributed by atoms with Crippen molar-refractivity contribution in [3.63, 3.8) is 0 Å². The Morgan fingerprint density at radius 2 is 2.36 bits per heavy atom. The molecule has 0 N–H and O–H groups in total. The molecule has 2 atom stereocenters. The van der Waals surface area contributed by atoms with Crippen LogP contribution < -0.4 is 0 Å². The van der Waals surface area contributed by atoms with E-state index < -0.39 is 0 Å². The summed E-state index contributed by atoms with van der Waals surface area (Å²) in [6.45, 7) is 4.38. The standard InChI is InChI=1S/C10H18O4/c1-8(14-9(2)11)7-13-10-5-3-4-6-12-10/h8,10H,3-7H2,1-2H3/t8-,10?/m0/s1. The SMILES string of the molecule is CC(=O)O[C@@H](C)COC1CCCCO1. The average Bonchev–Trinajstić information content (AvgIpc) is 2.15. The zero-order valence-electron chi connectivity index (χ0n) is 8.82. The molecule has 4 heteroatoms. The summed E-state index contributed by atoms with van der Waals surface area (Å²) in [6.07, 6.45) is 2.89. The van der Waals surface area contributed by atoms with Gasteiger partial charge in [-0.05, 0) is 26.2 Å². The van der Waals surface area contributed by atoms with Crippen LogP contribution in [-0.4, -0.2) is 31.6 Å². The molecule has 0 radical (unpaired) electrons. The Morgan fingerprint density at radius 3 is 2.93 bits per heavy atom. The predicted octanol–water partition coefficient (Wildman–Crippen LogP) is 1.48. The third-order valence-corrected chi connectivity index (χ3v) is 2.02. The topological polar surface area (TPSA) is 44.8 Å². The lowest BCUT2D eigenvalue weighted by atomic mass is 10.2. The van der Waals surface area contributed by atoms with E-state index in [2.05, 4.69) is 0 Å². The first kappa shape index (κ1) is 11.5. The predicted molar refractivity (Wildman–Crippen MR) is 50.8 cm³/mol. The number of ether oxygens (including phenoxy) is 3. The van der Waals surface area contributed by atoms with E-state index in [1.807, 2.05) is 6.92 Å². The zero-order valence-corrected chi connectivity index (χ0v) is 8.82. The molecule has 1 saturated heterocycles. The highest BCUT2D eigenvalue weighted by molar-refractivity contribution is 5.66. The van der Waals surface area contributed by atoms with Gasteiger partial charge in [0.25, 0.3) is 0 Å². The highest BCUT2D eigenvalue weighted by Crippen LogP contribution is 2.13. The largest absolute Gasteiger partial charge is 0.460 e. The van der Waals surface area contributed by atoms with Gasteiger partial charge in [-0.1, -0.05) is 0 Å². The van der Waals surface area contributed by atoms with Gasteiger partial charge in [0.05, 0.1) is 6.61 Å². The van der Waals surface area contributed by atoms with Crippen molar-refractivity contribution in [2.45, 2.75) is 45.5 Å². The molecule has 0 aromatic heterocycles. The first-order valence-electron chi connectivity index (χ1n) is 5.09. The fourth-order valence-electron chi connectivity index (χ4n) is 1.40. The number of rotatable bonds is 4. The third kappa shape index (κ3) is 4.58. The van der Waals surface area contributed by atoms with Gasteiger partial charge in [0.2, 0.25) is 0 Å². The number of carbonyl (C=O) groups excluding carboxylic acids is 1. The molecule has 0 amide bonds. The van der Waals surface area contributed by atoms with Crippen LogP contribution in [0.4, 0.5) is 0 Å². The molecular weight excluding hydrogens is 184 g/mol. The fraction of sp³-hybridized carbons (Fsp3) is 0.900. The van der Waals surface area contributed by atoms with Crippen molar-refractivity contribution in [3.8, 4) is 0 Å². The number of carbonyl (C=O) groups is 1. The normalized spacial score (nSPS) is 24.3. The van der Waals surface area contributed by atoms with Crippen molar-refractivity contribution in [2.24, 2.45) is 0 Å². The van der Waals surface area contributed by atoms with Crippen LogP contribution in [0, 0.1) is 0 Å². The second-order valence-corrected chi connectivity index (χ2v) is 3.55. The number of esters is 1. The van der Waals surface area contributed by atoms with Crippen LogP contribution in [0.5, 0.6) is 0 Å². The molecule has 1 rings (SSSR count). The minimum Gasteiger partial charge on any atom is -0.460 e. The second-order valence-electron chi connectivity index (χ2n) is 3.55. The van der Waals surface area contributed by atoms with Gasteiger partial charge in [-0.3, -0.25) is 4.79 Å². The van der Waals surface area contributed by atoms with E-state index in [1.54, 1.807) is 0 Å². The van der Waals surface area contributed by atoms with E-state index >= 15 is 0 Å². The van der Waals surface area contributed by atoms with Gasteiger partial charge in [0.15, 0.2) is 6.29 Å². The summed E-state index contributed by atoms with van der Waals surface area (Å²) < 4.78 is 15.7. The van der Waals surface area contributed by atoms with Crippen molar-refractivity contribution in [2.75, 3.05) is 13.2 Å². The first-order valence-corrected chi connectivity index (χ1v) is 5.09. The smallest absolute Gasteiger partial charge is 0.302 e. The van der Waals surface area contributed by atoms with Crippen molar-refractivity contribution < 1.29 is 19.0 Å². The van der Waals surface area contributed by atoms with Crippen LogP contribution in [-0.2, 0) is 19.0 Å².